The largest absolute Gasteiger partial charge is 0.311 e. The Bertz CT molecular complexity index is 429. The van der Waals surface area contributed by atoms with E-state index in [0.717, 1.165) is 34.9 Å². The molecule has 0 saturated heterocycles. The van der Waals surface area contributed by atoms with Gasteiger partial charge in [0.15, 0.2) is 0 Å². The Labute approximate surface area is 120 Å². The fourth-order valence-electron chi connectivity index (χ4n) is 3.60. The Morgan fingerprint density at radius 2 is 1.53 bits per heavy atom. The fourth-order valence-corrected chi connectivity index (χ4v) is 3.73. The number of hydrogen-bond acceptors (Lipinski definition) is 1. The molecular weight excluding hydrogens is 254 g/mol. The van der Waals surface area contributed by atoms with Gasteiger partial charge in [-0.15, -0.1) is 0 Å². The first-order valence-corrected chi connectivity index (χ1v) is 8.19. The molecule has 0 amide bonds. The molecule has 4 rings (SSSR count). The molecule has 3 saturated carbocycles. The number of nitrogens with one attached hydrogen (secondary N) is 1. The highest BCUT2D eigenvalue weighted by Gasteiger charge is 2.43. The summed E-state index contributed by atoms with van der Waals surface area (Å²) in [7, 11) is 0. The summed E-state index contributed by atoms with van der Waals surface area (Å²) < 4.78 is 0. The van der Waals surface area contributed by atoms with E-state index < -0.39 is 0 Å². The summed E-state index contributed by atoms with van der Waals surface area (Å²) in [4.78, 5) is 0. The normalized spacial score (nSPS) is 30.4. The molecule has 3 fully saturated rings. The number of halogens is 1. The van der Waals surface area contributed by atoms with Crippen molar-refractivity contribution >= 4 is 11.6 Å². The van der Waals surface area contributed by atoms with Gasteiger partial charge in [-0.05, 0) is 74.0 Å². The van der Waals surface area contributed by atoms with Gasteiger partial charge in [0.2, 0.25) is 0 Å². The second kappa shape index (κ2) is 4.79. The summed E-state index contributed by atoms with van der Waals surface area (Å²) in [6.07, 6.45) is 8.53. The predicted octanol–water partition coefficient (Wildman–Crippen LogP) is 4.36. The van der Waals surface area contributed by atoms with Crippen LogP contribution in [0.5, 0.6) is 0 Å². The van der Waals surface area contributed by atoms with Crippen molar-refractivity contribution in [1.82, 2.24) is 5.32 Å². The highest BCUT2D eigenvalue weighted by atomic mass is 35.5. The molecule has 2 heteroatoms. The second-order valence-electron chi connectivity index (χ2n) is 6.78. The lowest BCUT2D eigenvalue weighted by Gasteiger charge is -2.39. The van der Waals surface area contributed by atoms with Crippen molar-refractivity contribution in [3.8, 4) is 0 Å². The van der Waals surface area contributed by atoms with E-state index in [0.29, 0.717) is 0 Å². The van der Waals surface area contributed by atoms with Crippen LogP contribution >= 0.6 is 11.6 Å². The first-order chi connectivity index (χ1) is 9.29. The Hall–Kier alpha value is -0.530. The maximum Gasteiger partial charge on any atom is 0.0406 e. The Balaban J connectivity index is 1.31. The number of benzene rings is 1. The molecule has 0 bridgehead atoms. The van der Waals surface area contributed by atoms with E-state index in [9.17, 15) is 0 Å². The van der Waals surface area contributed by atoms with Gasteiger partial charge in [-0.3, -0.25) is 0 Å². The molecule has 0 radical (unpaired) electrons. The number of hydrogen-bond donors (Lipinski definition) is 1. The van der Waals surface area contributed by atoms with Crippen LogP contribution in [0.4, 0.5) is 0 Å². The molecule has 0 atom stereocenters. The summed E-state index contributed by atoms with van der Waals surface area (Å²) in [5.74, 6) is 2.79. The zero-order valence-corrected chi connectivity index (χ0v) is 12.1. The minimum Gasteiger partial charge on any atom is -0.311 e. The van der Waals surface area contributed by atoms with Crippen molar-refractivity contribution in [3.05, 3.63) is 34.9 Å². The lowest BCUT2D eigenvalue weighted by Crippen LogP contribution is -2.47. The summed E-state index contributed by atoms with van der Waals surface area (Å²) in [5.41, 5.74) is 1.47. The maximum absolute atomic E-state index is 5.95. The third kappa shape index (κ3) is 2.68. The number of rotatable bonds is 5. The lowest BCUT2D eigenvalue weighted by molar-refractivity contribution is 0.242. The smallest absolute Gasteiger partial charge is 0.0406 e. The standard InChI is InChI=1S/C17H22ClN/c18-15-7-5-11(6-8-15)14-9-16(10-14)19-17(12-1-2-12)13-3-4-13/h5-8,12-14,16-17,19H,1-4,9-10H2. The molecule has 1 aromatic rings. The molecule has 3 aliphatic carbocycles. The monoisotopic (exact) mass is 275 g/mol. The average Bonchev–Trinajstić information content (AvgIpc) is 3.24. The molecule has 3 aliphatic rings. The van der Waals surface area contributed by atoms with E-state index in [1.165, 1.54) is 44.1 Å². The minimum atomic E-state index is 0.758. The molecule has 0 spiro atoms. The molecule has 102 valence electrons. The summed E-state index contributed by atoms with van der Waals surface area (Å²) in [5, 5.41) is 4.81. The summed E-state index contributed by atoms with van der Waals surface area (Å²) >= 11 is 5.95. The van der Waals surface area contributed by atoms with Gasteiger partial charge in [0.1, 0.15) is 0 Å². The Morgan fingerprint density at radius 1 is 0.947 bits per heavy atom. The third-order valence-corrected chi connectivity index (χ3v) is 5.42. The van der Waals surface area contributed by atoms with Gasteiger partial charge in [-0.25, -0.2) is 0 Å². The van der Waals surface area contributed by atoms with Gasteiger partial charge in [0.25, 0.3) is 0 Å². The highest BCUT2D eigenvalue weighted by molar-refractivity contribution is 6.30. The van der Waals surface area contributed by atoms with E-state index in [2.05, 4.69) is 17.4 Å². The van der Waals surface area contributed by atoms with Gasteiger partial charge < -0.3 is 5.32 Å². The molecule has 1 N–H and O–H groups in total. The first-order valence-electron chi connectivity index (χ1n) is 7.81. The van der Waals surface area contributed by atoms with Crippen molar-refractivity contribution in [2.24, 2.45) is 11.8 Å². The third-order valence-electron chi connectivity index (χ3n) is 5.17. The fraction of sp³-hybridized carbons (Fsp3) is 0.647. The van der Waals surface area contributed by atoms with Crippen LogP contribution < -0.4 is 5.32 Å². The predicted molar refractivity (Wildman–Crippen MR) is 79.6 cm³/mol. The molecule has 0 aromatic heterocycles. The van der Waals surface area contributed by atoms with Crippen molar-refractivity contribution in [2.45, 2.75) is 56.5 Å². The molecule has 1 aromatic carbocycles. The van der Waals surface area contributed by atoms with E-state index >= 15 is 0 Å². The van der Waals surface area contributed by atoms with Crippen LogP contribution in [0.2, 0.25) is 5.02 Å². The second-order valence-corrected chi connectivity index (χ2v) is 7.22. The maximum atomic E-state index is 5.95. The first kappa shape index (κ1) is 12.2. The average molecular weight is 276 g/mol. The van der Waals surface area contributed by atoms with Gasteiger partial charge >= 0.3 is 0 Å². The van der Waals surface area contributed by atoms with Crippen LogP contribution in [-0.4, -0.2) is 12.1 Å². The summed E-state index contributed by atoms with van der Waals surface area (Å²) in [6, 6.07) is 10.1. The van der Waals surface area contributed by atoms with Crippen LogP contribution in [-0.2, 0) is 0 Å². The van der Waals surface area contributed by atoms with Gasteiger partial charge in [-0.1, -0.05) is 23.7 Å². The van der Waals surface area contributed by atoms with Crippen LogP contribution in [0.1, 0.15) is 50.0 Å². The van der Waals surface area contributed by atoms with Crippen molar-refractivity contribution in [1.29, 1.82) is 0 Å². The van der Waals surface area contributed by atoms with Crippen LogP contribution in [0.25, 0.3) is 0 Å². The molecule has 0 heterocycles. The Kier molecular flexibility index (Phi) is 3.08. The van der Waals surface area contributed by atoms with E-state index in [1.807, 2.05) is 12.1 Å². The van der Waals surface area contributed by atoms with Crippen molar-refractivity contribution < 1.29 is 0 Å². The van der Waals surface area contributed by atoms with Crippen LogP contribution in [0.15, 0.2) is 24.3 Å². The molecule has 0 aliphatic heterocycles. The molecule has 19 heavy (non-hydrogen) atoms. The van der Waals surface area contributed by atoms with E-state index in [4.69, 9.17) is 11.6 Å². The molecular formula is C17H22ClN. The zero-order chi connectivity index (χ0) is 12.8. The Morgan fingerprint density at radius 3 is 2.05 bits per heavy atom. The van der Waals surface area contributed by atoms with Gasteiger partial charge in [0, 0.05) is 17.1 Å². The summed E-state index contributed by atoms with van der Waals surface area (Å²) in [6.45, 7) is 0. The van der Waals surface area contributed by atoms with E-state index in [1.54, 1.807) is 0 Å². The van der Waals surface area contributed by atoms with Crippen molar-refractivity contribution in [2.75, 3.05) is 0 Å². The molecule has 0 unspecified atom stereocenters. The minimum absolute atomic E-state index is 0.758. The highest BCUT2D eigenvalue weighted by Crippen LogP contribution is 2.46. The van der Waals surface area contributed by atoms with Gasteiger partial charge in [-0.2, -0.15) is 0 Å². The molecule has 1 nitrogen and oxygen atoms in total. The quantitative estimate of drug-likeness (QED) is 0.842. The van der Waals surface area contributed by atoms with E-state index in [-0.39, 0.29) is 0 Å². The lowest BCUT2D eigenvalue weighted by atomic mass is 9.75. The topological polar surface area (TPSA) is 12.0 Å². The van der Waals surface area contributed by atoms with Gasteiger partial charge in [0.05, 0.1) is 0 Å². The zero-order valence-electron chi connectivity index (χ0n) is 11.3. The SMILES string of the molecule is Clc1ccc(C2CC(NC(C3CC3)C3CC3)C2)cc1. The van der Waals surface area contributed by atoms with Crippen LogP contribution in [0.3, 0.4) is 0 Å². The van der Waals surface area contributed by atoms with Crippen molar-refractivity contribution in [3.63, 3.8) is 0 Å². The van der Waals surface area contributed by atoms with Crippen LogP contribution in [0, 0.1) is 11.8 Å².